The third-order valence-corrected chi connectivity index (χ3v) is 4.33. The molecule has 8 heteroatoms. The third kappa shape index (κ3) is 5.14. The SMILES string of the molecule is C=CC(N)(COC(C)c1cc(C(F)(F)F)cc(C(F)(F)F)c1)c1ccccc1. The summed E-state index contributed by atoms with van der Waals surface area (Å²) in [4.78, 5) is 0. The van der Waals surface area contributed by atoms with Crippen LogP contribution in [0.15, 0.2) is 61.2 Å². The fraction of sp³-hybridized carbons (Fsp3) is 0.300. The van der Waals surface area contributed by atoms with Crippen LogP contribution < -0.4 is 5.73 Å². The van der Waals surface area contributed by atoms with Gasteiger partial charge in [0.1, 0.15) is 0 Å². The maximum atomic E-state index is 13.0. The molecule has 0 aromatic heterocycles. The highest BCUT2D eigenvalue weighted by atomic mass is 19.4. The van der Waals surface area contributed by atoms with Crippen LogP contribution in [0.3, 0.4) is 0 Å². The molecule has 0 aliphatic carbocycles. The minimum atomic E-state index is -4.92. The number of nitrogens with two attached hydrogens (primary N) is 1. The largest absolute Gasteiger partial charge is 0.416 e. The van der Waals surface area contributed by atoms with Crippen LogP contribution in [-0.4, -0.2) is 6.61 Å². The molecule has 0 saturated carbocycles. The van der Waals surface area contributed by atoms with Gasteiger partial charge in [-0.3, -0.25) is 0 Å². The lowest BCUT2D eigenvalue weighted by atomic mass is 9.92. The maximum Gasteiger partial charge on any atom is 0.416 e. The van der Waals surface area contributed by atoms with Crippen LogP contribution in [0.25, 0.3) is 0 Å². The van der Waals surface area contributed by atoms with Crippen molar-refractivity contribution < 1.29 is 31.1 Å². The lowest BCUT2D eigenvalue weighted by Crippen LogP contribution is -2.39. The summed E-state index contributed by atoms with van der Waals surface area (Å²) in [7, 11) is 0. The summed E-state index contributed by atoms with van der Waals surface area (Å²) >= 11 is 0. The Kier molecular flexibility index (Phi) is 6.25. The Morgan fingerprint density at radius 3 is 1.86 bits per heavy atom. The summed E-state index contributed by atoms with van der Waals surface area (Å²) in [5.74, 6) is 0. The van der Waals surface area contributed by atoms with Crippen molar-refractivity contribution in [1.29, 1.82) is 0 Å². The fourth-order valence-corrected chi connectivity index (χ4v) is 2.58. The molecule has 2 unspecified atom stereocenters. The van der Waals surface area contributed by atoms with Gasteiger partial charge in [-0.15, -0.1) is 6.58 Å². The highest BCUT2D eigenvalue weighted by Crippen LogP contribution is 2.38. The zero-order valence-corrected chi connectivity index (χ0v) is 14.9. The molecule has 2 N–H and O–H groups in total. The van der Waals surface area contributed by atoms with Crippen LogP contribution in [0.1, 0.15) is 35.3 Å². The second kappa shape index (κ2) is 7.97. The van der Waals surface area contributed by atoms with Crippen LogP contribution in [0, 0.1) is 0 Å². The summed E-state index contributed by atoms with van der Waals surface area (Å²) in [6.07, 6.45) is -9.48. The van der Waals surface area contributed by atoms with Crippen LogP contribution in [-0.2, 0) is 22.6 Å². The highest BCUT2D eigenvalue weighted by molar-refractivity contribution is 5.35. The van der Waals surface area contributed by atoms with Crippen molar-refractivity contribution in [3.63, 3.8) is 0 Å². The molecular weight excluding hydrogens is 384 g/mol. The first kappa shape index (κ1) is 22.0. The Labute approximate surface area is 158 Å². The number of halogens is 6. The van der Waals surface area contributed by atoms with Crippen LogP contribution in [0.5, 0.6) is 0 Å². The first-order valence-electron chi connectivity index (χ1n) is 8.26. The van der Waals surface area contributed by atoms with E-state index in [0.717, 1.165) is 0 Å². The molecule has 152 valence electrons. The minimum absolute atomic E-state index is 0.0805. The van der Waals surface area contributed by atoms with E-state index in [-0.39, 0.29) is 18.2 Å². The molecule has 0 spiro atoms. The Morgan fingerprint density at radius 1 is 0.929 bits per heavy atom. The van der Waals surface area contributed by atoms with Crippen LogP contribution in [0.4, 0.5) is 26.3 Å². The van der Waals surface area contributed by atoms with Gasteiger partial charge in [0.2, 0.25) is 0 Å². The van der Waals surface area contributed by atoms with E-state index < -0.39 is 35.1 Å². The van der Waals surface area contributed by atoms with Crippen LogP contribution in [0.2, 0.25) is 0 Å². The summed E-state index contributed by atoms with van der Waals surface area (Å²) < 4.78 is 83.6. The highest BCUT2D eigenvalue weighted by Gasteiger charge is 2.37. The lowest BCUT2D eigenvalue weighted by Gasteiger charge is -2.28. The second-order valence-electron chi connectivity index (χ2n) is 6.40. The topological polar surface area (TPSA) is 35.2 Å². The molecule has 0 bridgehead atoms. The van der Waals surface area contributed by atoms with E-state index in [1.807, 2.05) is 0 Å². The molecule has 2 aromatic rings. The number of ether oxygens (including phenoxy) is 1. The molecule has 0 radical (unpaired) electrons. The second-order valence-corrected chi connectivity index (χ2v) is 6.40. The van der Waals surface area contributed by atoms with E-state index in [0.29, 0.717) is 17.7 Å². The molecule has 0 heterocycles. The van der Waals surface area contributed by atoms with Crippen LogP contribution >= 0.6 is 0 Å². The molecule has 0 amide bonds. The van der Waals surface area contributed by atoms with Gasteiger partial charge in [0.15, 0.2) is 0 Å². The zero-order valence-electron chi connectivity index (χ0n) is 14.9. The van der Waals surface area contributed by atoms with E-state index in [2.05, 4.69) is 6.58 Å². The standard InChI is InChI=1S/C20H19F6NO/c1-3-18(27,15-7-5-4-6-8-15)12-28-13(2)14-9-16(19(21,22)23)11-17(10-14)20(24,25)26/h3-11,13H,1,12,27H2,2H3. The number of rotatable bonds is 6. The van der Waals surface area contributed by atoms with Crippen molar-refractivity contribution in [3.05, 3.63) is 83.4 Å². The van der Waals surface area contributed by atoms with Crippen molar-refractivity contribution in [2.45, 2.75) is 30.9 Å². The molecule has 2 nitrogen and oxygen atoms in total. The maximum absolute atomic E-state index is 13.0. The molecule has 2 aromatic carbocycles. The quantitative estimate of drug-likeness (QED) is 0.486. The van der Waals surface area contributed by atoms with Gasteiger partial charge in [-0.1, -0.05) is 36.4 Å². The fourth-order valence-electron chi connectivity index (χ4n) is 2.58. The minimum Gasteiger partial charge on any atom is -0.371 e. The van der Waals surface area contributed by atoms with Gasteiger partial charge in [-0.05, 0) is 36.2 Å². The smallest absolute Gasteiger partial charge is 0.371 e. The third-order valence-electron chi connectivity index (χ3n) is 4.33. The molecule has 0 saturated heterocycles. The van der Waals surface area contributed by atoms with E-state index in [4.69, 9.17) is 10.5 Å². The molecule has 28 heavy (non-hydrogen) atoms. The van der Waals surface area contributed by atoms with Gasteiger partial charge in [0.05, 0.1) is 29.4 Å². The molecule has 0 fully saturated rings. The van der Waals surface area contributed by atoms with Gasteiger partial charge in [-0.25, -0.2) is 0 Å². The molecule has 2 rings (SSSR count). The van der Waals surface area contributed by atoms with Gasteiger partial charge >= 0.3 is 12.4 Å². The molecule has 0 aliphatic rings. The number of hydrogen-bond acceptors (Lipinski definition) is 2. The predicted octanol–water partition coefficient (Wildman–Crippen LogP) is 5.84. The Hall–Kier alpha value is -2.32. The predicted molar refractivity (Wildman–Crippen MR) is 93.3 cm³/mol. The van der Waals surface area contributed by atoms with E-state index in [1.165, 1.54) is 13.0 Å². The average molecular weight is 403 g/mol. The number of alkyl halides is 6. The zero-order chi connectivity index (χ0) is 21.2. The summed E-state index contributed by atoms with van der Waals surface area (Å²) in [6, 6.07) is 10.1. The molecule has 0 aliphatic heterocycles. The van der Waals surface area contributed by atoms with Gasteiger partial charge in [-0.2, -0.15) is 26.3 Å². The van der Waals surface area contributed by atoms with Crippen molar-refractivity contribution in [3.8, 4) is 0 Å². The van der Waals surface area contributed by atoms with Crippen molar-refractivity contribution >= 4 is 0 Å². The first-order chi connectivity index (χ1) is 12.9. The Morgan fingerprint density at radius 2 is 1.43 bits per heavy atom. The summed E-state index contributed by atoms with van der Waals surface area (Å²) in [5, 5.41) is 0. The number of hydrogen-bond donors (Lipinski definition) is 1. The summed E-state index contributed by atoms with van der Waals surface area (Å²) in [6.45, 7) is 4.83. The number of benzene rings is 2. The lowest BCUT2D eigenvalue weighted by molar-refractivity contribution is -0.143. The van der Waals surface area contributed by atoms with E-state index in [1.54, 1.807) is 30.3 Å². The van der Waals surface area contributed by atoms with Gasteiger partial charge in [0, 0.05) is 0 Å². The van der Waals surface area contributed by atoms with E-state index in [9.17, 15) is 26.3 Å². The van der Waals surface area contributed by atoms with Gasteiger partial charge < -0.3 is 10.5 Å². The monoisotopic (exact) mass is 403 g/mol. The van der Waals surface area contributed by atoms with E-state index >= 15 is 0 Å². The van der Waals surface area contributed by atoms with Gasteiger partial charge in [0.25, 0.3) is 0 Å². The average Bonchev–Trinajstić information content (AvgIpc) is 2.64. The normalized spacial score (nSPS) is 15.7. The first-order valence-corrected chi connectivity index (χ1v) is 8.26. The Balaban J connectivity index is 2.30. The summed E-state index contributed by atoms with van der Waals surface area (Å²) in [5.41, 5.74) is 2.71. The Bertz CT molecular complexity index is 783. The molecular formula is C20H19F6NO. The van der Waals surface area contributed by atoms with Crippen molar-refractivity contribution in [2.75, 3.05) is 6.61 Å². The van der Waals surface area contributed by atoms with Crippen molar-refractivity contribution in [2.24, 2.45) is 5.73 Å². The molecule has 2 atom stereocenters. The van der Waals surface area contributed by atoms with Crippen molar-refractivity contribution in [1.82, 2.24) is 0 Å².